The third-order valence-corrected chi connectivity index (χ3v) is 8.29. The van der Waals surface area contributed by atoms with Crippen LogP contribution >= 0.6 is 0 Å². The average molecular weight is 613 g/mol. The minimum Gasteiger partial charge on any atom is -0.484 e. The van der Waals surface area contributed by atoms with Gasteiger partial charge < -0.3 is 10.1 Å². The highest BCUT2D eigenvalue weighted by atomic mass is 16.5. The van der Waals surface area contributed by atoms with E-state index in [1.807, 2.05) is 90.3 Å². The van der Waals surface area contributed by atoms with Crippen LogP contribution in [0.4, 0.5) is 10.6 Å². The van der Waals surface area contributed by atoms with Crippen molar-refractivity contribution in [2.24, 2.45) is 0 Å². The number of carbonyl (C=O) groups is 1. The molecule has 6 aromatic rings. The Balaban J connectivity index is 1.10. The smallest absolute Gasteiger partial charge is 0.320 e. The maximum atomic E-state index is 13.5. The van der Waals surface area contributed by atoms with Crippen LogP contribution in [-0.2, 0) is 5.41 Å². The quantitative estimate of drug-likeness (QED) is 0.203. The molecule has 0 saturated heterocycles. The lowest BCUT2D eigenvalue weighted by atomic mass is 9.85. The van der Waals surface area contributed by atoms with Gasteiger partial charge in [0.1, 0.15) is 23.4 Å². The summed E-state index contributed by atoms with van der Waals surface area (Å²) in [7, 11) is 0. The monoisotopic (exact) mass is 612 g/mol. The number of rotatable bonds is 6. The minimum atomic E-state index is -0.284. The van der Waals surface area contributed by atoms with E-state index in [1.165, 1.54) is 0 Å². The number of hydrogen-bond acceptors (Lipinski definition) is 6. The lowest BCUT2D eigenvalue weighted by molar-refractivity contribution is 0.171. The average Bonchev–Trinajstić information content (AvgIpc) is 3.68. The highest BCUT2D eigenvalue weighted by Crippen LogP contribution is 2.39. The van der Waals surface area contributed by atoms with Crippen LogP contribution in [0.25, 0.3) is 22.9 Å². The van der Waals surface area contributed by atoms with Crippen LogP contribution < -0.4 is 15.4 Å². The molecule has 46 heavy (non-hydrogen) atoms. The molecule has 1 aliphatic carbocycles. The van der Waals surface area contributed by atoms with Crippen LogP contribution in [0.15, 0.2) is 97.3 Å². The number of ether oxygens (including phenoxy) is 1. The molecular formula is C36H36N8O2. The Morgan fingerprint density at radius 2 is 1.70 bits per heavy atom. The predicted octanol–water partition coefficient (Wildman–Crippen LogP) is 7.36. The second-order valence-electron chi connectivity index (χ2n) is 12.7. The Morgan fingerprint density at radius 3 is 2.46 bits per heavy atom. The number of aromatic nitrogens is 6. The summed E-state index contributed by atoms with van der Waals surface area (Å²) in [5.41, 5.74) is 6.29. The lowest BCUT2D eigenvalue weighted by Gasteiger charge is -2.32. The molecular weight excluding hydrogens is 576 g/mol. The highest BCUT2D eigenvalue weighted by Gasteiger charge is 2.30. The molecule has 232 valence electrons. The summed E-state index contributed by atoms with van der Waals surface area (Å²) < 4.78 is 10.3. The number of urea groups is 1. The van der Waals surface area contributed by atoms with Gasteiger partial charge in [0.25, 0.3) is 0 Å². The normalized spacial score (nSPS) is 16.2. The van der Waals surface area contributed by atoms with Crippen molar-refractivity contribution >= 4 is 17.5 Å². The number of pyridine rings is 2. The first-order valence-corrected chi connectivity index (χ1v) is 15.5. The number of fused-ring (bicyclic) bond motifs is 2. The molecule has 10 heteroatoms. The lowest BCUT2D eigenvalue weighted by Crippen LogP contribution is -2.36. The molecule has 0 spiro atoms. The molecule has 4 heterocycles. The van der Waals surface area contributed by atoms with E-state index >= 15 is 0 Å². The summed E-state index contributed by atoms with van der Waals surface area (Å²) in [6, 6.07) is 27.2. The molecule has 2 atom stereocenters. The summed E-state index contributed by atoms with van der Waals surface area (Å²) >= 11 is 0. The van der Waals surface area contributed by atoms with Crippen molar-refractivity contribution in [1.82, 2.24) is 34.7 Å². The third-order valence-electron chi connectivity index (χ3n) is 8.29. The zero-order chi connectivity index (χ0) is 31.8. The number of anilines is 1. The maximum Gasteiger partial charge on any atom is 0.320 e. The van der Waals surface area contributed by atoms with Gasteiger partial charge >= 0.3 is 6.03 Å². The summed E-state index contributed by atoms with van der Waals surface area (Å²) in [5, 5.41) is 19.8. The van der Waals surface area contributed by atoms with E-state index in [1.54, 1.807) is 10.9 Å². The van der Waals surface area contributed by atoms with Gasteiger partial charge in [-0.2, -0.15) is 5.10 Å². The molecule has 0 bridgehead atoms. The summed E-state index contributed by atoms with van der Waals surface area (Å²) in [5.74, 6) is 1.97. The molecule has 0 aliphatic heterocycles. The zero-order valence-electron chi connectivity index (χ0n) is 26.3. The first kappa shape index (κ1) is 29.2. The Bertz CT molecular complexity index is 2010. The van der Waals surface area contributed by atoms with Crippen LogP contribution in [0, 0.1) is 6.92 Å². The number of amides is 2. The van der Waals surface area contributed by atoms with Crippen LogP contribution in [0.2, 0.25) is 0 Å². The number of nitrogens with one attached hydrogen (secondary N) is 2. The van der Waals surface area contributed by atoms with E-state index in [4.69, 9.17) is 9.84 Å². The molecule has 2 aromatic carbocycles. The summed E-state index contributed by atoms with van der Waals surface area (Å²) in [4.78, 5) is 17.9. The number of hydrogen-bond donors (Lipinski definition) is 2. The van der Waals surface area contributed by atoms with Crippen molar-refractivity contribution in [1.29, 1.82) is 0 Å². The fraction of sp³-hybridized carbons (Fsp3) is 0.250. The van der Waals surface area contributed by atoms with Crippen molar-refractivity contribution in [3.8, 4) is 23.0 Å². The van der Waals surface area contributed by atoms with Gasteiger partial charge in [0.05, 0.1) is 23.6 Å². The van der Waals surface area contributed by atoms with E-state index in [9.17, 15) is 4.79 Å². The largest absolute Gasteiger partial charge is 0.484 e. The minimum absolute atomic E-state index is 0.176. The molecule has 0 saturated carbocycles. The fourth-order valence-corrected chi connectivity index (χ4v) is 5.83. The molecule has 2 unspecified atom stereocenters. The number of carbonyl (C=O) groups excluding carboxylic acids is 1. The van der Waals surface area contributed by atoms with Gasteiger partial charge in [-0.05, 0) is 67.3 Å². The Kier molecular flexibility index (Phi) is 7.48. The van der Waals surface area contributed by atoms with Crippen molar-refractivity contribution in [2.45, 2.75) is 58.1 Å². The SMILES string of the molecule is Cc1ccc(-n2nc(C(C)(C)C)cc2NC(=O)NC2CCC(Oc3ccc4nnc(-c5ccccn5)n4c3)c3ccccc32)cc1. The molecule has 2 N–H and O–H groups in total. The Labute approximate surface area is 267 Å². The van der Waals surface area contributed by atoms with E-state index in [0.29, 0.717) is 29.5 Å². The number of aryl methyl sites for hydroxylation is 1. The summed E-state index contributed by atoms with van der Waals surface area (Å²) in [6.07, 6.45) is 4.91. The van der Waals surface area contributed by atoms with Gasteiger partial charge in [0.15, 0.2) is 11.5 Å². The standard InChI is InChI=1S/C36H36N8O2/c1-23-12-14-24(15-13-23)44-33(21-31(42-44)36(2,3)4)39-35(45)38-28-17-18-30(27-10-6-5-9-26(27)28)46-25-16-19-32-40-41-34(43(32)22-25)29-11-7-8-20-37-29/h5-16,19-22,28,30H,17-18H2,1-4H3,(H2,38,39,45). The zero-order valence-corrected chi connectivity index (χ0v) is 26.3. The third kappa shape index (κ3) is 5.81. The first-order valence-electron chi connectivity index (χ1n) is 15.5. The first-order chi connectivity index (χ1) is 22.2. The number of nitrogens with zero attached hydrogens (tertiary/aromatic N) is 6. The van der Waals surface area contributed by atoms with Crippen LogP contribution in [0.5, 0.6) is 5.75 Å². The van der Waals surface area contributed by atoms with E-state index in [2.05, 4.69) is 58.7 Å². The van der Waals surface area contributed by atoms with Crippen LogP contribution in [0.1, 0.15) is 68.1 Å². The van der Waals surface area contributed by atoms with Crippen molar-refractivity contribution in [3.63, 3.8) is 0 Å². The Hall–Kier alpha value is -5.51. The predicted molar refractivity (Wildman–Crippen MR) is 177 cm³/mol. The topological polar surface area (TPSA) is 111 Å². The van der Waals surface area contributed by atoms with E-state index < -0.39 is 0 Å². The molecule has 2 amide bonds. The molecule has 4 aromatic heterocycles. The van der Waals surface area contributed by atoms with Gasteiger partial charge in [0, 0.05) is 17.7 Å². The fourth-order valence-electron chi connectivity index (χ4n) is 5.83. The van der Waals surface area contributed by atoms with Gasteiger partial charge in [-0.3, -0.25) is 14.7 Å². The molecule has 7 rings (SSSR count). The number of benzene rings is 2. The van der Waals surface area contributed by atoms with Crippen LogP contribution in [0.3, 0.4) is 0 Å². The van der Waals surface area contributed by atoms with Crippen molar-refractivity contribution in [2.75, 3.05) is 5.32 Å². The van der Waals surface area contributed by atoms with E-state index in [0.717, 1.165) is 40.2 Å². The summed E-state index contributed by atoms with van der Waals surface area (Å²) in [6.45, 7) is 8.38. The van der Waals surface area contributed by atoms with Gasteiger partial charge in [-0.1, -0.05) is 68.8 Å². The Morgan fingerprint density at radius 1 is 0.913 bits per heavy atom. The second kappa shape index (κ2) is 11.8. The van der Waals surface area contributed by atoms with Gasteiger partial charge in [0.2, 0.25) is 0 Å². The van der Waals surface area contributed by atoms with Crippen molar-refractivity contribution in [3.05, 3.63) is 120 Å². The second-order valence-corrected chi connectivity index (χ2v) is 12.7. The van der Waals surface area contributed by atoms with Gasteiger partial charge in [-0.15, -0.1) is 10.2 Å². The molecule has 1 aliphatic rings. The van der Waals surface area contributed by atoms with Crippen LogP contribution in [-0.4, -0.2) is 35.4 Å². The van der Waals surface area contributed by atoms with E-state index in [-0.39, 0.29) is 23.6 Å². The molecule has 0 fully saturated rings. The molecule has 0 radical (unpaired) electrons. The highest BCUT2D eigenvalue weighted by molar-refractivity contribution is 5.89. The van der Waals surface area contributed by atoms with Crippen molar-refractivity contribution < 1.29 is 9.53 Å². The molecule has 10 nitrogen and oxygen atoms in total. The van der Waals surface area contributed by atoms with Gasteiger partial charge in [-0.25, -0.2) is 9.48 Å². The maximum absolute atomic E-state index is 13.5.